The Morgan fingerprint density at radius 1 is 1.27 bits per heavy atom. The number of benzene rings is 1. The van der Waals surface area contributed by atoms with Gasteiger partial charge in [-0.05, 0) is 37.5 Å². The summed E-state index contributed by atoms with van der Waals surface area (Å²) < 4.78 is 0. The molecule has 5 nitrogen and oxygen atoms in total. The predicted molar refractivity (Wildman–Crippen MR) is 86.9 cm³/mol. The topological polar surface area (TPSA) is 69.6 Å². The van der Waals surface area contributed by atoms with Crippen LogP contribution in [0.25, 0.3) is 0 Å². The third-order valence-corrected chi connectivity index (χ3v) is 3.43. The average Bonchev–Trinajstić information content (AvgIpc) is 2.50. The van der Waals surface area contributed by atoms with Crippen LogP contribution in [-0.2, 0) is 0 Å². The maximum Gasteiger partial charge on any atom is 0.253 e. The van der Waals surface area contributed by atoms with Crippen LogP contribution in [0.15, 0.2) is 24.3 Å². The first-order valence-corrected chi connectivity index (χ1v) is 7.66. The van der Waals surface area contributed by atoms with Gasteiger partial charge in [0.1, 0.15) is 0 Å². The fraction of sp³-hybridized carbons (Fsp3) is 0.529. The standard InChI is InChI=1S/C17H26N2O3/c1-5-19(4)17(22)14-8-6-7-13(10-14)16(21)18-11-15(20)9-12(2)3/h6-8,10,12,15,20H,5,9,11H2,1-4H3,(H,18,21). The van der Waals surface area contributed by atoms with E-state index in [1.165, 1.54) is 0 Å². The van der Waals surface area contributed by atoms with Crippen molar-refractivity contribution < 1.29 is 14.7 Å². The van der Waals surface area contributed by atoms with E-state index in [0.717, 1.165) is 0 Å². The Kier molecular flexibility index (Phi) is 7.05. The van der Waals surface area contributed by atoms with E-state index in [-0.39, 0.29) is 18.4 Å². The van der Waals surface area contributed by atoms with Crippen LogP contribution in [0, 0.1) is 5.92 Å². The molecule has 0 spiro atoms. The summed E-state index contributed by atoms with van der Waals surface area (Å²) in [6.45, 7) is 6.75. The van der Waals surface area contributed by atoms with Crippen molar-refractivity contribution in [1.29, 1.82) is 0 Å². The molecule has 1 aromatic rings. The highest BCUT2D eigenvalue weighted by Crippen LogP contribution is 2.09. The molecule has 0 aliphatic rings. The number of nitrogens with one attached hydrogen (secondary N) is 1. The third kappa shape index (κ3) is 5.48. The number of aliphatic hydroxyl groups is 1. The molecule has 0 aliphatic carbocycles. The van der Waals surface area contributed by atoms with Gasteiger partial charge in [0, 0.05) is 31.3 Å². The van der Waals surface area contributed by atoms with Gasteiger partial charge in [-0.2, -0.15) is 0 Å². The average molecular weight is 306 g/mol. The summed E-state index contributed by atoms with van der Waals surface area (Å²) in [5.74, 6) is -0.0222. The summed E-state index contributed by atoms with van der Waals surface area (Å²) in [6, 6.07) is 6.63. The summed E-state index contributed by atoms with van der Waals surface area (Å²) in [7, 11) is 1.72. The number of amides is 2. The number of carbonyl (C=O) groups is 2. The highest BCUT2D eigenvalue weighted by atomic mass is 16.3. The van der Waals surface area contributed by atoms with Crippen molar-refractivity contribution >= 4 is 11.8 Å². The SMILES string of the molecule is CCN(C)C(=O)c1cccc(C(=O)NCC(O)CC(C)C)c1. The highest BCUT2D eigenvalue weighted by Gasteiger charge is 2.14. The summed E-state index contributed by atoms with van der Waals surface area (Å²) in [4.78, 5) is 25.8. The molecule has 0 radical (unpaired) electrons. The lowest BCUT2D eigenvalue weighted by Crippen LogP contribution is -2.33. The summed E-state index contributed by atoms with van der Waals surface area (Å²) >= 11 is 0. The molecule has 0 bridgehead atoms. The zero-order valence-corrected chi connectivity index (χ0v) is 13.8. The van der Waals surface area contributed by atoms with Crippen molar-refractivity contribution in [2.45, 2.75) is 33.3 Å². The van der Waals surface area contributed by atoms with E-state index in [0.29, 0.717) is 30.0 Å². The first-order chi connectivity index (χ1) is 10.3. The van der Waals surface area contributed by atoms with Gasteiger partial charge in [0.25, 0.3) is 11.8 Å². The Morgan fingerprint density at radius 2 is 1.91 bits per heavy atom. The Hall–Kier alpha value is -1.88. The van der Waals surface area contributed by atoms with Crippen molar-refractivity contribution in [2.75, 3.05) is 20.1 Å². The van der Waals surface area contributed by atoms with Gasteiger partial charge in [-0.1, -0.05) is 19.9 Å². The molecule has 2 amide bonds. The molecule has 1 atom stereocenters. The van der Waals surface area contributed by atoms with Crippen LogP contribution in [0.5, 0.6) is 0 Å². The van der Waals surface area contributed by atoms with E-state index < -0.39 is 6.10 Å². The molecule has 1 aromatic carbocycles. The van der Waals surface area contributed by atoms with E-state index >= 15 is 0 Å². The van der Waals surface area contributed by atoms with Crippen molar-refractivity contribution in [1.82, 2.24) is 10.2 Å². The molecular formula is C17H26N2O3. The lowest BCUT2D eigenvalue weighted by Gasteiger charge is -2.16. The largest absolute Gasteiger partial charge is 0.391 e. The third-order valence-electron chi connectivity index (χ3n) is 3.43. The molecule has 1 unspecified atom stereocenters. The van der Waals surface area contributed by atoms with Crippen LogP contribution in [0.1, 0.15) is 47.9 Å². The van der Waals surface area contributed by atoms with Crippen molar-refractivity contribution in [3.05, 3.63) is 35.4 Å². The Bertz CT molecular complexity index is 514. The van der Waals surface area contributed by atoms with Crippen molar-refractivity contribution in [3.8, 4) is 0 Å². The molecule has 1 rings (SSSR count). The second-order valence-electron chi connectivity index (χ2n) is 5.89. The molecule has 0 saturated carbocycles. The van der Waals surface area contributed by atoms with Crippen LogP contribution in [0.3, 0.4) is 0 Å². The quantitative estimate of drug-likeness (QED) is 0.808. The number of nitrogens with zero attached hydrogens (tertiary/aromatic N) is 1. The summed E-state index contributed by atoms with van der Waals surface area (Å²) in [5.41, 5.74) is 0.909. The minimum Gasteiger partial charge on any atom is -0.391 e. The van der Waals surface area contributed by atoms with Gasteiger partial charge in [0.05, 0.1) is 6.10 Å². The lowest BCUT2D eigenvalue weighted by molar-refractivity contribution is 0.0802. The lowest BCUT2D eigenvalue weighted by atomic mass is 10.1. The van der Waals surface area contributed by atoms with Gasteiger partial charge in [-0.3, -0.25) is 9.59 Å². The minimum absolute atomic E-state index is 0.114. The molecule has 0 aliphatic heterocycles. The second-order valence-corrected chi connectivity index (χ2v) is 5.89. The summed E-state index contributed by atoms with van der Waals surface area (Å²) in [5, 5.41) is 12.5. The first kappa shape index (κ1) is 18.2. The minimum atomic E-state index is -0.556. The van der Waals surface area contributed by atoms with E-state index in [1.54, 1.807) is 36.2 Å². The Morgan fingerprint density at radius 3 is 2.50 bits per heavy atom. The van der Waals surface area contributed by atoms with Gasteiger partial charge < -0.3 is 15.3 Å². The molecule has 2 N–H and O–H groups in total. The molecule has 0 fully saturated rings. The zero-order valence-electron chi connectivity index (χ0n) is 13.8. The van der Waals surface area contributed by atoms with E-state index in [1.807, 2.05) is 20.8 Å². The monoisotopic (exact) mass is 306 g/mol. The van der Waals surface area contributed by atoms with Crippen LogP contribution in [0.2, 0.25) is 0 Å². The van der Waals surface area contributed by atoms with E-state index in [2.05, 4.69) is 5.32 Å². The normalized spacial score (nSPS) is 12.1. The molecule has 0 saturated heterocycles. The van der Waals surface area contributed by atoms with Gasteiger partial charge in [-0.15, -0.1) is 0 Å². The van der Waals surface area contributed by atoms with Crippen molar-refractivity contribution in [3.63, 3.8) is 0 Å². The maximum absolute atomic E-state index is 12.1. The zero-order chi connectivity index (χ0) is 16.7. The summed E-state index contributed by atoms with van der Waals surface area (Å²) in [6.07, 6.45) is 0.0834. The van der Waals surface area contributed by atoms with Gasteiger partial charge in [-0.25, -0.2) is 0 Å². The number of carbonyl (C=O) groups excluding carboxylic acids is 2. The Labute approximate surface area is 132 Å². The fourth-order valence-corrected chi connectivity index (χ4v) is 2.10. The number of hydrogen-bond donors (Lipinski definition) is 2. The van der Waals surface area contributed by atoms with E-state index in [4.69, 9.17) is 0 Å². The second kappa shape index (κ2) is 8.54. The van der Waals surface area contributed by atoms with Crippen LogP contribution < -0.4 is 5.32 Å². The molecule has 0 aromatic heterocycles. The first-order valence-electron chi connectivity index (χ1n) is 7.66. The molecule has 5 heteroatoms. The predicted octanol–water partition coefficient (Wildman–Crippen LogP) is 1.92. The van der Waals surface area contributed by atoms with Crippen LogP contribution in [-0.4, -0.2) is 48.1 Å². The molecule has 0 heterocycles. The fourth-order valence-electron chi connectivity index (χ4n) is 2.10. The van der Waals surface area contributed by atoms with Crippen molar-refractivity contribution in [2.24, 2.45) is 5.92 Å². The highest BCUT2D eigenvalue weighted by molar-refractivity contribution is 5.99. The van der Waals surface area contributed by atoms with Crippen LogP contribution in [0.4, 0.5) is 0 Å². The van der Waals surface area contributed by atoms with Gasteiger partial charge in [0.15, 0.2) is 0 Å². The van der Waals surface area contributed by atoms with Crippen LogP contribution >= 0.6 is 0 Å². The maximum atomic E-state index is 12.1. The number of hydrogen-bond acceptors (Lipinski definition) is 3. The van der Waals surface area contributed by atoms with E-state index in [9.17, 15) is 14.7 Å². The van der Waals surface area contributed by atoms with Gasteiger partial charge >= 0.3 is 0 Å². The Balaban J connectivity index is 2.69. The van der Waals surface area contributed by atoms with Gasteiger partial charge in [0.2, 0.25) is 0 Å². The number of aliphatic hydroxyl groups excluding tert-OH is 1. The molecule has 122 valence electrons. The smallest absolute Gasteiger partial charge is 0.253 e. The molecule has 22 heavy (non-hydrogen) atoms. The number of rotatable bonds is 7. The molecular weight excluding hydrogens is 280 g/mol.